The van der Waals surface area contributed by atoms with E-state index in [0.29, 0.717) is 0 Å². The van der Waals surface area contributed by atoms with E-state index in [1.165, 1.54) is 21.1 Å². The molecule has 2 rings (SSSR count). The minimum Gasteiger partial charge on any atom is -0.468 e. The number of anilines is 1. The molecule has 0 radical (unpaired) electrons. The number of aromatic nitrogens is 2. The maximum absolute atomic E-state index is 12.2. The topological polar surface area (TPSA) is 143 Å². The molecule has 1 saturated heterocycles. The average molecular weight is 329 g/mol. The first-order valence-electron chi connectivity index (χ1n) is 6.86. The molecule has 1 aromatic rings. The van der Waals surface area contributed by atoms with Crippen molar-refractivity contribution < 1.29 is 29.6 Å². The van der Waals surface area contributed by atoms with Gasteiger partial charge in [-0.3, -0.25) is 14.2 Å². The summed E-state index contributed by atoms with van der Waals surface area (Å²) in [6.45, 7) is 0.972. The highest BCUT2D eigenvalue weighted by Gasteiger charge is 2.38. The fraction of sp³-hybridized carbons (Fsp3) is 0.615. The van der Waals surface area contributed by atoms with Crippen molar-refractivity contribution in [3.63, 3.8) is 0 Å². The molecule has 128 valence electrons. The van der Waals surface area contributed by atoms with Crippen LogP contribution in [-0.2, 0) is 11.8 Å². The summed E-state index contributed by atoms with van der Waals surface area (Å²) in [5.74, 6) is -0.667. The maximum atomic E-state index is 12.2. The van der Waals surface area contributed by atoms with Crippen LogP contribution in [0.2, 0.25) is 0 Å². The van der Waals surface area contributed by atoms with Crippen molar-refractivity contribution >= 4 is 11.6 Å². The molecule has 0 aliphatic carbocycles. The lowest BCUT2D eigenvalue weighted by Gasteiger charge is -2.35. The molecular formula is C13H19N3O7. The highest BCUT2D eigenvalue weighted by Crippen LogP contribution is 2.20. The van der Waals surface area contributed by atoms with Crippen LogP contribution in [0, 0.1) is 0 Å². The zero-order chi connectivity index (χ0) is 17.3. The van der Waals surface area contributed by atoms with Crippen LogP contribution in [0.25, 0.3) is 0 Å². The number of aliphatic hydroxyl groups excluding tert-OH is 3. The predicted molar refractivity (Wildman–Crippen MR) is 77.4 cm³/mol. The molecule has 23 heavy (non-hydrogen) atoms. The zero-order valence-corrected chi connectivity index (χ0v) is 12.9. The quantitative estimate of drug-likeness (QED) is 0.454. The Morgan fingerprint density at radius 3 is 2.61 bits per heavy atom. The minimum atomic E-state index is -1.48. The minimum absolute atomic E-state index is 0.0478. The number of nitrogens with zero attached hydrogens (tertiary/aromatic N) is 2. The highest BCUT2D eigenvalue weighted by atomic mass is 16.5. The molecule has 4 atom stereocenters. The van der Waals surface area contributed by atoms with E-state index in [1.807, 2.05) is 0 Å². The van der Waals surface area contributed by atoms with E-state index in [1.54, 1.807) is 0 Å². The van der Waals surface area contributed by atoms with Crippen LogP contribution in [-0.4, -0.2) is 68.9 Å². The molecule has 1 aliphatic rings. The lowest BCUT2D eigenvalue weighted by atomic mass is 10.0. The van der Waals surface area contributed by atoms with Gasteiger partial charge in [-0.2, -0.15) is 4.98 Å². The number of nitrogens with one attached hydrogen (secondary N) is 1. The van der Waals surface area contributed by atoms with Gasteiger partial charge in [-0.05, 0) is 6.92 Å². The summed E-state index contributed by atoms with van der Waals surface area (Å²) in [6, 6.07) is -0.0478. The van der Waals surface area contributed by atoms with E-state index >= 15 is 0 Å². The van der Waals surface area contributed by atoms with Crippen molar-refractivity contribution in [1.29, 1.82) is 0 Å². The van der Waals surface area contributed by atoms with E-state index in [0.717, 1.165) is 4.57 Å². The summed E-state index contributed by atoms with van der Waals surface area (Å²) in [6.07, 6.45) is -5.30. The van der Waals surface area contributed by atoms with Gasteiger partial charge in [0, 0.05) is 7.05 Å². The van der Waals surface area contributed by atoms with Gasteiger partial charge in [-0.25, -0.2) is 0 Å². The van der Waals surface area contributed by atoms with Crippen LogP contribution < -0.4 is 15.6 Å². The van der Waals surface area contributed by atoms with E-state index in [-0.39, 0.29) is 24.0 Å². The summed E-state index contributed by atoms with van der Waals surface area (Å²) in [5.41, 5.74) is -0.859. The van der Waals surface area contributed by atoms with Crippen LogP contribution in [0.3, 0.4) is 0 Å². The lowest BCUT2D eigenvalue weighted by Crippen LogP contribution is -2.55. The Morgan fingerprint density at radius 2 is 2.04 bits per heavy atom. The molecule has 10 heteroatoms. The van der Waals surface area contributed by atoms with Gasteiger partial charge in [0.15, 0.2) is 12.0 Å². The third-order valence-corrected chi connectivity index (χ3v) is 3.56. The van der Waals surface area contributed by atoms with E-state index < -0.39 is 35.9 Å². The standard InChI is InChI=1S/C13H19N3O7/c1-5(17)7-10(15-13(22-3)16(2)12(7)21)14-11-9(20)8(19)6(18)4-23-11/h6,8-9,11,14,18-20H,4H2,1-3H3/t6-,8-,9+,11-/m1/s1. The number of methoxy groups -OCH3 is 1. The van der Waals surface area contributed by atoms with Crippen molar-refractivity contribution in [3.8, 4) is 6.01 Å². The van der Waals surface area contributed by atoms with Crippen molar-refractivity contribution in [2.24, 2.45) is 7.05 Å². The molecule has 1 aromatic heterocycles. The van der Waals surface area contributed by atoms with E-state index in [2.05, 4.69) is 10.3 Å². The first-order chi connectivity index (χ1) is 10.8. The Balaban J connectivity index is 2.41. The van der Waals surface area contributed by atoms with E-state index in [4.69, 9.17) is 9.47 Å². The van der Waals surface area contributed by atoms with Crippen molar-refractivity contribution in [2.75, 3.05) is 19.0 Å². The van der Waals surface area contributed by atoms with Crippen molar-refractivity contribution in [3.05, 3.63) is 15.9 Å². The summed E-state index contributed by atoms with van der Waals surface area (Å²) in [4.78, 5) is 28.0. The first kappa shape index (κ1) is 17.3. The smallest absolute Gasteiger partial charge is 0.300 e. The van der Waals surface area contributed by atoms with Crippen LogP contribution in [0.4, 0.5) is 5.82 Å². The molecule has 0 saturated carbocycles. The largest absolute Gasteiger partial charge is 0.468 e. The third kappa shape index (κ3) is 3.20. The van der Waals surface area contributed by atoms with Crippen LogP contribution in [0.5, 0.6) is 6.01 Å². The van der Waals surface area contributed by atoms with Crippen LogP contribution in [0.1, 0.15) is 17.3 Å². The molecular weight excluding hydrogens is 310 g/mol. The Labute approximate surface area is 131 Å². The second kappa shape index (κ2) is 6.62. The second-order valence-corrected chi connectivity index (χ2v) is 5.19. The number of ether oxygens (including phenoxy) is 2. The Morgan fingerprint density at radius 1 is 1.39 bits per heavy atom. The van der Waals surface area contributed by atoms with E-state index in [9.17, 15) is 24.9 Å². The number of hydrogen-bond acceptors (Lipinski definition) is 9. The predicted octanol–water partition coefficient (Wildman–Crippen LogP) is -2.16. The van der Waals surface area contributed by atoms with Gasteiger partial charge in [-0.15, -0.1) is 0 Å². The van der Waals surface area contributed by atoms with Crippen molar-refractivity contribution in [1.82, 2.24) is 9.55 Å². The average Bonchev–Trinajstić information content (AvgIpc) is 2.50. The number of ketones is 1. The third-order valence-electron chi connectivity index (χ3n) is 3.56. The fourth-order valence-electron chi connectivity index (χ4n) is 2.25. The number of Topliss-reactive ketones (excluding diaryl/α,β-unsaturated/α-hetero) is 1. The Bertz CT molecular complexity index is 660. The molecule has 10 nitrogen and oxygen atoms in total. The molecule has 1 aliphatic heterocycles. The number of rotatable bonds is 4. The Hall–Kier alpha value is -2.01. The maximum Gasteiger partial charge on any atom is 0.300 e. The molecule has 0 aromatic carbocycles. The monoisotopic (exact) mass is 329 g/mol. The number of carbonyl (C=O) groups is 1. The number of hydrogen-bond donors (Lipinski definition) is 4. The van der Waals surface area contributed by atoms with Gasteiger partial charge in [0.05, 0.1) is 13.7 Å². The molecule has 4 N–H and O–H groups in total. The summed E-state index contributed by atoms with van der Waals surface area (Å²) in [5, 5.41) is 31.6. The van der Waals surface area contributed by atoms with Gasteiger partial charge < -0.3 is 30.1 Å². The van der Waals surface area contributed by atoms with Gasteiger partial charge in [-0.1, -0.05) is 0 Å². The Kier molecular flexibility index (Phi) is 5.00. The molecule has 1 fully saturated rings. The summed E-state index contributed by atoms with van der Waals surface area (Å²) in [7, 11) is 2.71. The van der Waals surface area contributed by atoms with Gasteiger partial charge in [0.2, 0.25) is 0 Å². The molecule has 0 unspecified atom stereocenters. The lowest BCUT2D eigenvalue weighted by molar-refractivity contribution is -0.178. The normalized spacial score (nSPS) is 27.6. The van der Waals surface area contributed by atoms with Crippen LogP contribution >= 0.6 is 0 Å². The van der Waals surface area contributed by atoms with Gasteiger partial charge in [0.1, 0.15) is 29.7 Å². The first-order valence-corrected chi connectivity index (χ1v) is 6.86. The van der Waals surface area contributed by atoms with Crippen LogP contribution in [0.15, 0.2) is 4.79 Å². The molecule has 2 heterocycles. The highest BCUT2D eigenvalue weighted by molar-refractivity contribution is 5.98. The molecule has 0 amide bonds. The molecule has 0 bridgehead atoms. The SMILES string of the molecule is COc1nc(N[C@@H]2OC[C@@H](O)[C@@H](O)[C@@H]2O)c(C(C)=O)c(=O)n1C. The number of aliphatic hydroxyl groups is 3. The fourth-order valence-corrected chi connectivity index (χ4v) is 2.25. The van der Waals surface area contributed by atoms with Gasteiger partial charge >= 0.3 is 6.01 Å². The summed E-state index contributed by atoms with van der Waals surface area (Å²) >= 11 is 0. The summed E-state index contributed by atoms with van der Waals surface area (Å²) < 4.78 is 11.2. The van der Waals surface area contributed by atoms with Gasteiger partial charge in [0.25, 0.3) is 5.56 Å². The zero-order valence-electron chi connectivity index (χ0n) is 12.9. The van der Waals surface area contributed by atoms with Crippen molar-refractivity contribution in [2.45, 2.75) is 31.5 Å². The second-order valence-electron chi connectivity index (χ2n) is 5.19. The molecule has 0 spiro atoms. The number of carbonyl (C=O) groups excluding carboxylic acids is 1.